The number of furan rings is 2. The summed E-state index contributed by atoms with van der Waals surface area (Å²) in [4.78, 5) is 0. The molecule has 0 spiro atoms. The maximum Gasteiger partial charge on any atom is 0.217 e. The lowest BCUT2D eigenvalue weighted by atomic mass is 9.93. The van der Waals surface area contributed by atoms with Crippen LogP contribution in [0.3, 0.4) is 0 Å². The van der Waals surface area contributed by atoms with Crippen molar-refractivity contribution in [2.75, 3.05) is 0 Å². The van der Waals surface area contributed by atoms with Crippen molar-refractivity contribution in [3.63, 3.8) is 0 Å². The molecule has 0 aromatic carbocycles. The van der Waals surface area contributed by atoms with Crippen molar-refractivity contribution in [3.05, 3.63) is 48.3 Å². The SMILES string of the molecule is C#CC(O)(c1ccco1)C(O)c1ccco1. The maximum absolute atomic E-state index is 10.2. The molecule has 82 valence electrons. The maximum atomic E-state index is 10.2. The lowest BCUT2D eigenvalue weighted by molar-refractivity contribution is -0.0613. The van der Waals surface area contributed by atoms with Gasteiger partial charge in [0.2, 0.25) is 5.60 Å². The van der Waals surface area contributed by atoms with Gasteiger partial charge >= 0.3 is 0 Å². The topological polar surface area (TPSA) is 66.7 Å². The molecular formula is C12H10O4. The summed E-state index contributed by atoms with van der Waals surface area (Å²) in [5, 5.41) is 20.1. The van der Waals surface area contributed by atoms with Crippen LogP contribution in [0.25, 0.3) is 0 Å². The van der Waals surface area contributed by atoms with Crippen molar-refractivity contribution in [1.82, 2.24) is 0 Å². The van der Waals surface area contributed by atoms with E-state index in [1.807, 2.05) is 0 Å². The largest absolute Gasteiger partial charge is 0.466 e. The van der Waals surface area contributed by atoms with Crippen LogP contribution < -0.4 is 0 Å². The smallest absolute Gasteiger partial charge is 0.217 e. The first kappa shape index (κ1) is 10.6. The van der Waals surface area contributed by atoms with Crippen LogP contribution in [0.4, 0.5) is 0 Å². The fraction of sp³-hybridized carbons (Fsp3) is 0.167. The predicted molar refractivity (Wildman–Crippen MR) is 55.1 cm³/mol. The van der Waals surface area contributed by atoms with Gasteiger partial charge in [0.25, 0.3) is 0 Å². The number of aliphatic hydroxyl groups is 2. The van der Waals surface area contributed by atoms with Crippen LogP contribution in [0.15, 0.2) is 45.6 Å². The molecule has 2 aromatic heterocycles. The van der Waals surface area contributed by atoms with Gasteiger partial charge in [-0.2, -0.15) is 0 Å². The van der Waals surface area contributed by atoms with Crippen LogP contribution in [0.2, 0.25) is 0 Å². The van der Waals surface area contributed by atoms with E-state index in [0.717, 1.165) is 0 Å². The first-order chi connectivity index (χ1) is 7.68. The van der Waals surface area contributed by atoms with Gasteiger partial charge in [0.05, 0.1) is 12.5 Å². The predicted octanol–water partition coefficient (Wildman–Crippen LogP) is 1.43. The highest BCUT2D eigenvalue weighted by Crippen LogP contribution is 2.34. The Bertz CT molecular complexity index is 478. The van der Waals surface area contributed by atoms with E-state index in [0.29, 0.717) is 0 Å². The molecule has 2 aromatic rings. The molecule has 0 aliphatic heterocycles. The van der Waals surface area contributed by atoms with Crippen molar-refractivity contribution in [3.8, 4) is 12.3 Å². The van der Waals surface area contributed by atoms with Gasteiger partial charge in [0.1, 0.15) is 5.76 Å². The van der Waals surface area contributed by atoms with Crippen LogP contribution in [0.1, 0.15) is 17.6 Å². The van der Waals surface area contributed by atoms with E-state index in [4.69, 9.17) is 15.3 Å². The van der Waals surface area contributed by atoms with Gasteiger partial charge < -0.3 is 19.0 Å². The molecule has 0 saturated heterocycles. The second-order valence-electron chi connectivity index (χ2n) is 3.31. The third-order valence-corrected chi connectivity index (χ3v) is 2.33. The third-order valence-electron chi connectivity index (χ3n) is 2.33. The van der Waals surface area contributed by atoms with Crippen molar-refractivity contribution < 1.29 is 19.0 Å². The molecule has 0 saturated carbocycles. The van der Waals surface area contributed by atoms with Gasteiger partial charge in [-0.15, -0.1) is 6.42 Å². The Balaban J connectivity index is 2.40. The Morgan fingerprint density at radius 3 is 2.44 bits per heavy atom. The summed E-state index contributed by atoms with van der Waals surface area (Å²) < 4.78 is 10.0. The second kappa shape index (κ2) is 3.89. The van der Waals surface area contributed by atoms with Crippen molar-refractivity contribution in [1.29, 1.82) is 0 Å². The minimum Gasteiger partial charge on any atom is -0.466 e. The van der Waals surface area contributed by atoms with E-state index in [-0.39, 0.29) is 11.5 Å². The summed E-state index contributed by atoms with van der Waals surface area (Å²) in [5.41, 5.74) is -1.93. The van der Waals surface area contributed by atoms with Gasteiger partial charge in [0, 0.05) is 0 Å². The summed E-state index contributed by atoms with van der Waals surface area (Å²) >= 11 is 0. The molecule has 0 amide bonds. The Morgan fingerprint density at radius 2 is 1.94 bits per heavy atom. The highest BCUT2D eigenvalue weighted by atomic mass is 16.4. The van der Waals surface area contributed by atoms with E-state index >= 15 is 0 Å². The van der Waals surface area contributed by atoms with E-state index < -0.39 is 11.7 Å². The van der Waals surface area contributed by atoms with Crippen LogP contribution >= 0.6 is 0 Å². The van der Waals surface area contributed by atoms with Crippen molar-refractivity contribution >= 4 is 0 Å². The number of hydrogen-bond donors (Lipinski definition) is 2. The van der Waals surface area contributed by atoms with Crippen LogP contribution in [-0.4, -0.2) is 10.2 Å². The van der Waals surface area contributed by atoms with Gasteiger partial charge in [-0.25, -0.2) is 0 Å². The average molecular weight is 218 g/mol. The number of hydrogen-bond acceptors (Lipinski definition) is 4. The summed E-state index contributed by atoms with van der Waals surface area (Å²) in [7, 11) is 0. The van der Waals surface area contributed by atoms with E-state index in [9.17, 15) is 10.2 Å². The zero-order valence-electron chi connectivity index (χ0n) is 8.33. The van der Waals surface area contributed by atoms with E-state index in [1.54, 1.807) is 12.1 Å². The highest BCUT2D eigenvalue weighted by Gasteiger charge is 2.41. The molecule has 0 bridgehead atoms. The number of terminal acetylenes is 1. The van der Waals surface area contributed by atoms with E-state index in [1.165, 1.54) is 24.7 Å². The molecule has 2 rings (SSSR count). The minimum atomic E-state index is -1.93. The monoisotopic (exact) mass is 218 g/mol. The third kappa shape index (κ3) is 1.52. The van der Waals surface area contributed by atoms with Gasteiger partial charge in [-0.1, -0.05) is 5.92 Å². The highest BCUT2D eigenvalue weighted by molar-refractivity contribution is 5.27. The first-order valence-electron chi connectivity index (χ1n) is 4.64. The summed E-state index contributed by atoms with van der Waals surface area (Å²) in [6.07, 6.45) is 6.62. The van der Waals surface area contributed by atoms with Crippen molar-refractivity contribution in [2.24, 2.45) is 0 Å². The Kier molecular flexibility index (Phi) is 2.57. The average Bonchev–Trinajstić information content (AvgIpc) is 2.98. The fourth-order valence-corrected chi connectivity index (χ4v) is 1.43. The molecule has 2 unspecified atom stereocenters. The zero-order valence-corrected chi connectivity index (χ0v) is 8.33. The number of aliphatic hydroxyl groups excluding tert-OH is 1. The molecule has 2 heterocycles. The molecule has 2 atom stereocenters. The first-order valence-corrected chi connectivity index (χ1v) is 4.64. The molecule has 0 fully saturated rings. The molecule has 2 N–H and O–H groups in total. The Labute approximate surface area is 92.1 Å². The molecular weight excluding hydrogens is 208 g/mol. The fourth-order valence-electron chi connectivity index (χ4n) is 1.43. The molecule has 16 heavy (non-hydrogen) atoms. The minimum absolute atomic E-state index is 0.0962. The summed E-state index contributed by atoms with van der Waals surface area (Å²) in [5.74, 6) is 2.39. The van der Waals surface area contributed by atoms with Crippen LogP contribution in [-0.2, 0) is 5.60 Å². The second-order valence-corrected chi connectivity index (χ2v) is 3.31. The lowest BCUT2D eigenvalue weighted by Crippen LogP contribution is -2.31. The lowest BCUT2D eigenvalue weighted by Gasteiger charge is -2.24. The zero-order chi connectivity index (χ0) is 11.6. The molecule has 4 nitrogen and oxygen atoms in total. The molecule has 4 heteroatoms. The van der Waals surface area contributed by atoms with E-state index in [2.05, 4.69) is 5.92 Å². The Morgan fingerprint density at radius 1 is 1.25 bits per heavy atom. The molecule has 0 aliphatic carbocycles. The molecule has 0 radical (unpaired) electrons. The van der Waals surface area contributed by atoms with Gasteiger partial charge in [-0.05, 0) is 24.3 Å². The van der Waals surface area contributed by atoms with Gasteiger partial charge in [0.15, 0.2) is 11.9 Å². The van der Waals surface area contributed by atoms with Crippen LogP contribution in [0.5, 0.6) is 0 Å². The van der Waals surface area contributed by atoms with Crippen molar-refractivity contribution in [2.45, 2.75) is 11.7 Å². The normalized spacial score (nSPS) is 16.3. The quantitative estimate of drug-likeness (QED) is 0.765. The van der Waals surface area contributed by atoms with Crippen LogP contribution in [0, 0.1) is 12.3 Å². The summed E-state index contributed by atoms with van der Waals surface area (Å²) in [6, 6.07) is 6.19. The Hall–Kier alpha value is -1.96. The molecule has 0 aliphatic rings. The standard InChI is InChI=1S/C12H10O4/c1-2-12(14,10-6-4-8-16-10)11(13)9-5-3-7-15-9/h1,3-8,11,13-14H. The number of rotatable bonds is 3. The van der Waals surface area contributed by atoms with Gasteiger partial charge in [-0.3, -0.25) is 0 Å². The summed E-state index contributed by atoms with van der Waals surface area (Å²) in [6.45, 7) is 0.